The molecule has 0 fully saturated rings. The van der Waals surface area contributed by atoms with Crippen LogP contribution in [-0.2, 0) is 17.9 Å². The number of furan rings is 1. The standard InChI is InChI=1S/C29H35N3O5/c1-21(2)31(17-24(33)19-35-20-25-13-10-16-36-25)18-26-22(3)30-32(23-11-6-5-7-12-23)29(26)37-28-15-9-8-14-27(28)34-4/h5-16,21,24,33H,17-20H2,1-4H3. The average molecular weight is 506 g/mol. The summed E-state index contributed by atoms with van der Waals surface area (Å²) in [5.41, 5.74) is 2.68. The number of hydrogen-bond donors (Lipinski definition) is 1. The van der Waals surface area contributed by atoms with Crippen molar-refractivity contribution in [1.82, 2.24) is 14.7 Å². The molecule has 2 heterocycles. The Morgan fingerprint density at radius 3 is 2.41 bits per heavy atom. The monoisotopic (exact) mass is 505 g/mol. The minimum atomic E-state index is -0.666. The molecule has 0 bridgehead atoms. The predicted octanol–water partition coefficient (Wildman–Crippen LogP) is 5.36. The SMILES string of the molecule is COc1ccccc1Oc1c(CN(CC(O)COCc2ccco2)C(C)C)c(C)nn1-c1ccccc1. The van der Waals surface area contributed by atoms with E-state index in [1.165, 1.54) is 0 Å². The molecule has 0 radical (unpaired) electrons. The molecule has 0 spiro atoms. The van der Waals surface area contributed by atoms with Crippen LogP contribution in [0.5, 0.6) is 17.4 Å². The van der Waals surface area contributed by atoms with Crippen LogP contribution in [0.15, 0.2) is 77.4 Å². The summed E-state index contributed by atoms with van der Waals surface area (Å²) >= 11 is 0. The van der Waals surface area contributed by atoms with Crippen molar-refractivity contribution in [3.63, 3.8) is 0 Å². The third kappa shape index (κ3) is 6.80. The molecule has 8 nitrogen and oxygen atoms in total. The van der Waals surface area contributed by atoms with Gasteiger partial charge in [-0.3, -0.25) is 4.90 Å². The van der Waals surface area contributed by atoms with E-state index in [0.717, 1.165) is 22.7 Å². The van der Waals surface area contributed by atoms with Crippen molar-refractivity contribution in [2.24, 2.45) is 0 Å². The van der Waals surface area contributed by atoms with Crippen molar-refractivity contribution >= 4 is 0 Å². The summed E-state index contributed by atoms with van der Waals surface area (Å²) in [6.07, 6.45) is 0.943. The summed E-state index contributed by atoms with van der Waals surface area (Å²) in [5.74, 6) is 2.58. The molecule has 37 heavy (non-hydrogen) atoms. The normalized spacial score (nSPS) is 12.3. The van der Waals surface area contributed by atoms with E-state index in [1.54, 1.807) is 13.4 Å². The average Bonchev–Trinajstić information content (AvgIpc) is 3.53. The Bertz CT molecular complexity index is 1240. The van der Waals surface area contributed by atoms with Gasteiger partial charge in [-0.25, -0.2) is 4.68 Å². The molecule has 0 amide bonds. The molecular weight excluding hydrogens is 470 g/mol. The molecule has 4 aromatic rings. The molecule has 8 heteroatoms. The lowest BCUT2D eigenvalue weighted by Gasteiger charge is -2.29. The van der Waals surface area contributed by atoms with Gasteiger partial charge in [0.15, 0.2) is 11.5 Å². The van der Waals surface area contributed by atoms with Crippen molar-refractivity contribution in [2.75, 3.05) is 20.3 Å². The molecule has 1 atom stereocenters. The number of para-hydroxylation sites is 3. The third-order valence-electron chi connectivity index (χ3n) is 6.09. The van der Waals surface area contributed by atoms with Crippen LogP contribution in [0.3, 0.4) is 0 Å². The summed E-state index contributed by atoms with van der Waals surface area (Å²) in [5, 5.41) is 15.6. The van der Waals surface area contributed by atoms with E-state index in [2.05, 4.69) is 18.7 Å². The highest BCUT2D eigenvalue weighted by Crippen LogP contribution is 2.36. The van der Waals surface area contributed by atoms with Crippen LogP contribution >= 0.6 is 0 Å². The van der Waals surface area contributed by atoms with Crippen LogP contribution in [0.4, 0.5) is 0 Å². The summed E-state index contributed by atoms with van der Waals surface area (Å²) in [6, 6.07) is 21.3. The van der Waals surface area contributed by atoms with Crippen molar-refractivity contribution in [1.29, 1.82) is 0 Å². The molecule has 1 N–H and O–H groups in total. The molecule has 0 saturated heterocycles. The third-order valence-corrected chi connectivity index (χ3v) is 6.09. The molecule has 1 unspecified atom stereocenters. The second-order valence-corrected chi connectivity index (χ2v) is 9.14. The van der Waals surface area contributed by atoms with E-state index >= 15 is 0 Å². The molecule has 0 aliphatic rings. The number of aliphatic hydroxyl groups excluding tert-OH is 1. The zero-order chi connectivity index (χ0) is 26.2. The van der Waals surface area contributed by atoms with Gasteiger partial charge >= 0.3 is 0 Å². The number of ether oxygens (including phenoxy) is 3. The number of rotatable bonds is 13. The van der Waals surface area contributed by atoms with Crippen LogP contribution in [0.1, 0.15) is 30.9 Å². The zero-order valence-corrected chi connectivity index (χ0v) is 21.8. The van der Waals surface area contributed by atoms with Gasteiger partial charge in [0.1, 0.15) is 12.4 Å². The van der Waals surface area contributed by atoms with Crippen LogP contribution < -0.4 is 9.47 Å². The maximum absolute atomic E-state index is 10.7. The lowest BCUT2D eigenvalue weighted by molar-refractivity contribution is -0.00128. The number of methoxy groups -OCH3 is 1. The maximum Gasteiger partial charge on any atom is 0.227 e. The molecular formula is C29H35N3O5. The van der Waals surface area contributed by atoms with E-state index in [0.29, 0.717) is 37.1 Å². The lowest BCUT2D eigenvalue weighted by atomic mass is 10.2. The molecule has 0 aliphatic carbocycles. The molecule has 0 saturated carbocycles. The first kappa shape index (κ1) is 26.5. The van der Waals surface area contributed by atoms with Crippen LogP contribution in [0.25, 0.3) is 5.69 Å². The number of aryl methyl sites for hydroxylation is 1. The Kier molecular flexibility index (Phi) is 9.00. The Balaban J connectivity index is 1.58. The number of aromatic nitrogens is 2. The lowest BCUT2D eigenvalue weighted by Crippen LogP contribution is -2.39. The smallest absolute Gasteiger partial charge is 0.227 e. The van der Waals surface area contributed by atoms with E-state index in [-0.39, 0.29) is 12.6 Å². The Morgan fingerprint density at radius 1 is 1.00 bits per heavy atom. The van der Waals surface area contributed by atoms with Gasteiger partial charge in [-0.05, 0) is 57.2 Å². The fourth-order valence-electron chi connectivity index (χ4n) is 4.05. The van der Waals surface area contributed by atoms with Crippen molar-refractivity contribution in [3.05, 3.63) is 90.0 Å². The van der Waals surface area contributed by atoms with Crippen LogP contribution in [0, 0.1) is 6.92 Å². The van der Waals surface area contributed by atoms with Crippen molar-refractivity contribution in [2.45, 2.75) is 46.1 Å². The zero-order valence-electron chi connectivity index (χ0n) is 21.8. The van der Waals surface area contributed by atoms with Gasteiger partial charge in [-0.15, -0.1) is 0 Å². The first-order valence-electron chi connectivity index (χ1n) is 12.4. The predicted molar refractivity (Wildman–Crippen MR) is 141 cm³/mol. The first-order valence-corrected chi connectivity index (χ1v) is 12.4. The number of benzene rings is 2. The van der Waals surface area contributed by atoms with Gasteiger partial charge < -0.3 is 23.7 Å². The highest BCUT2D eigenvalue weighted by atomic mass is 16.5. The maximum atomic E-state index is 10.7. The second kappa shape index (κ2) is 12.6. The fourth-order valence-corrected chi connectivity index (χ4v) is 4.05. The van der Waals surface area contributed by atoms with Crippen molar-refractivity contribution < 1.29 is 23.7 Å². The highest BCUT2D eigenvalue weighted by molar-refractivity contribution is 5.47. The van der Waals surface area contributed by atoms with E-state index in [4.69, 9.17) is 23.7 Å². The van der Waals surface area contributed by atoms with Crippen molar-refractivity contribution in [3.8, 4) is 23.1 Å². The Morgan fingerprint density at radius 2 is 1.73 bits per heavy atom. The second-order valence-electron chi connectivity index (χ2n) is 9.14. The number of hydrogen-bond acceptors (Lipinski definition) is 7. The molecule has 0 aliphatic heterocycles. The number of nitrogens with zero attached hydrogens (tertiary/aromatic N) is 3. The molecule has 4 rings (SSSR count). The minimum absolute atomic E-state index is 0.165. The minimum Gasteiger partial charge on any atom is -0.493 e. The summed E-state index contributed by atoms with van der Waals surface area (Å²) in [6.45, 7) is 7.69. The van der Waals surface area contributed by atoms with E-state index in [9.17, 15) is 5.11 Å². The van der Waals surface area contributed by atoms with Crippen LogP contribution in [-0.4, -0.2) is 52.2 Å². The molecule has 2 aromatic heterocycles. The van der Waals surface area contributed by atoms with Gasteiger partial charge in [0.2, 0.25) is 5.88 Å². The van der Waals surface area contributed by atoms with Gasteiger partial charge in [0.25, 0.3) is 0 Å². The highest BCUT2D eigenvalue weighted by Gasteiger charge is 2.24. The Hall–Kier alpha value is -3.59. The van der Waals surface area contributed by atoms with E-state index in [1.807, 2.05) is 78.3 Å². The first-order chi connectivity index (χ1) is 18.0. The van der Waals surface area contributed by atoms with Crippen LogP contribution in [0.2, 0.25) is 0 Å². The van der Waals surface area contributed by atoms with Gasteiger partial charge in [0, 0.05) is 19.1 Å². The quantitative estimate of drug-likeness (QED) is 0.262. The number of aliphatic hydroxyl groups is 1. The fraction of sp³-hybridized carbons (Fsp3) is 0.345. The molecule has 2 aromatic carbocycles. The Labute approximate surface area is 218 Å². The van der Waals surface area contributed by atoms with Gasteiger partial charge in [-0.2, -0.15) is 5.10 Å². The van der Waals surface area contributed by atoms with Gasteiger partial charge in [0.05, 0.1) is 43.0 Å². The summed E-state index contributed by atoms with van der Waals surface area (Å²) in [4.78, 5) is 2.19. The largest absolute Gasteiger partial charge is 0.493 e. The molecule has 196 valence electrons. The summed E-state index contributed by atoms with van der Waals surface area (Å²) in [7, 11) is 1.62. The van der Waals surface area contributed by atoms with E-state index < -0.39 is 6.10 Å². The van der Waals surface area contributed by atoms with Gasteiger partial charge in [-0.1, -0.05) is 30.3 Å². The topological polar surface area (TPSA) is 82.1 Å². The summed E-state index contributed by atoms with van der Waals surface area (Å²) < 4.78 is 24.8.